The van der Waals surface area contributed by atoms with Crippen molar-refractivity contribution < 1.29 is 0 Å². The molecule has 2 atom stereocenters. The lowest BCUT2D eigenvalue weighted by molar-refractivity contribution is 0.270. The van der Waals surface area contributed by atoms with E-state index >= 15 is 0 Å². The standard InChI is InChI=1S/C22H34N6/c1-17-8-7-11-19(14-17)12-13-23-22(24-15-20-9-5-4-6-10-20)25-16-21-27-26-18(2)28(21)3/h4-6,9-10,17,19H,7-8,11-16H2,1-3H3,(H2,23,24,25). The van der Waals surface area contributed by atoms with Gasteiger partial charge in [-0.3, -0.25) is 0 Å². The summed E-state index contributed by atoms with van der Waals surface area (Å²) in [7, 11) is 1.99. The van der Waals surface area contributed by atoms with Gasteiger partial charge in [0.05, 0.1) is 13.1 Å². The zero-order chi connectivity index (χ0) is 19.8. The number of aromatic nitrogens is 3. The summed E-state index contributed by atoms with van der Waals surface area (Å²) >= 11 is 0. The van der Waals surface area contributed by atoms with Gasteiger partial charge in [0.2, 0.25) is 0 Å². The number of nitrogens with one attached hydrogen (secondary N) is 2. The van der Waals surface area contributed by atoms with Crippen molar-refractivity contribution in [2.75, 3.05) is 6.54 Å². The van der Waals surface area contributed by atoms with Gasteiger partial charge in [-0.25, -0.2) is 4.99 Å². The molecule has 6 heteroatoms. The van der Waals surface area contributed by atoms with Gasteiger partial charge in [0.1, 0.15) is 5.82 Å². The average molecular weight is 383 g/mol. The largest absolute Gasteiger partial charge is 0.356 e. The molecule has 1 aromatic heterocycles. The topological polar surface area (TPSA) is 67.1 Å². The van der Waals surface area contributed by atoms with Crippen molar-refractivity contribution in [2.24, 2.45) is 23.9 Å². The second kappa shape index (κ2) is 10.2. The molecule has 152 valence electrons. The van der Waals surface area contributed by atoms with E-state index < -0.39 is 0 Å². The van der Waals surface area contributed by atoms with Gasteiger partial charge >= 0.3 is 0 Å². The van der Waals surface area contributed by atoms with Crippen LogP contribution in [-0.2, 0) is 20.1 Å². The van der Waals surface area contributed by atoms with Gasteiger partial charge in [-0.05, 0) is 37.2 Å². The number of nitrogens with zero attached hydrogens (tertiary/aromatic N) is 4. The first-order valence-corrected chi connectivity index (χ1v) is 10.5. The molecule has 1 aliphatic carbocycles. The van der Waals surface area contributed by atoms with Crippen LogP contribution in [0.3, 0.4) is 0 Å². The second-order valence-electron chi connectivity index (χ2n) is 8.08. The summed E-state index contributed by atoms with van der Waals surface area (Å²) in [6.07, 6.45) is 6.72. The molecule has 0 bridgehead atoms. The fourth-order valence-corrected chi connectivity index (χ4v) is 3.91. The third-order valence-corrected chi connectivity index (χ3v) is 5.75. The van der Waals surface area contributed by atoms with E-state index in [-0.39, 0.29) is 0 Å². The molecule has 0 saturated heterocycles. The summed E-state index contributed by atoms with van der Waals surface area (Å²) in [6, 6.07) is 10.4. The van der Waals surface area contributed by atoms with E-state index in [1.807, 2.05) is 24.6 Å². The average Bonchev–Trinajstić information content (AvgIpc) is 3.02. The molecule has 2 aromatic rings. The van der Waals surface area contributed by atoms with E-state index in [1.165, 1.54) is 37.7 Å². The zero-order valence-corrected chi connectivity index (χ0v) is 17.5. The maximum absolute atomic E-state index is 4.78. The highest BCUT2D eigenvalue weighted by atomic mass is 15.3. The lowest BCUT2D eigenvalue weighted by Crippen LogP contribution is -2.38. The first-order chi connectivity index (χ1) is 13.6. The molecular formula is C22H34N6. The van der Waals surface area contributed by atoms with Gasteiger partial charge in [-0.1, -0.05) is 56.5 Å². The number of aryl methyl sites for hydroxylation is 1. The van der Waals surface area contributed by atoms with Crippen LogP contribution in [0.25, 0.3) is 0 Å². The summed E-state index contributed by atoms with van der Waals surface area (Å²) < 4.78 is 2.01. The quantitative estimate of drug-likeness (QED) is 0.567. The van der Waals surface area contributed by atoms with Crippen LogP contribution >= 0.6 is 0 Å². The number of guanidine groups is 1. The lowest BCUT2D eigenvalue weighted by Gasteiger charge is -2.26. The van der Waals surface area contributed by atoms with Crippen LogP contribution in [0.1, 0.15) is 56.2 Å². The van der Waals surface area contributed by atoms with Gasteiger partial charge < -0.3 is 15.2 Å². The fraction of sp³-hybridized carbons (Fsp3) is 0.591. The first kappa shape index (κ1) is 20.4. The highest BCUT2D eigenvalue weighted by Gasteiger charge is 2.18. The van der Waals surface area contributed by atoms with Crippen molar-refractivity contribution in [3.8, 4) is 0 Å². The normalized spacial score (nSPS) is 20.2. The van der Waals surface area contributed by atoms with Gasteiger partial charge in [0, 0.05) is 13.6 Å². The summed E-state index contributed by atoms with van der Waals surface area (Å²) in [5, 5.41) is 15.3. The van der Waals surface area contributed by atoms with Gasteiger partial charge in [0.25, 0.3) is 0 Å². The minimum atomic E-state index is 0.610. The number of hydrogen-bond donors (Lipinski definition) is 2. The number of benzene rings is 1. The van der Waals surface area contributed by atoms with Crippen molar-refractivity contribution in [2.45, 2.75) is 59.0 Å². The monoisotopic (exact) mass is 382 g/mol. The third-order valence-electron chi connectivity index (χ3n) is 5.75. The van der Waals surface area contributed by atoms with Crippen LogP contribution in [0.4, 0.5) is 0 Å². The number of aliphatic imine (C=N–C) groups is 1. The van der Waals surface area contributed by atoms with Crippen LogP contribution in [-0.4, -0.2) is 27.3 Å². The highest BCUT2D eigenvalue weighted by Crippen LogP contribution is 2.30. The molecular weight excluding hydrogens is 348 g/mol. The Balaban J connectivity index is 1.56. The first-order valence-electron chi connectivity index (χ1n) is 10.5. The Labute approximate surface area is 168 Å². The third kappa shape index (κ3) is 6.08. The highest BCUT2D eigenvalue weighted by molar-refractivity contribution is 5.79. The Kier molecular flexibility index (Phi) is 7.46. The second-order valence-corrected chi connectivity index (χ2v) is 8.08. The summed E-state index contributed by atoms with van der Waals surface area (Å²) in [6.45, 7) is 6.57. The van der Waals surface area contributed by atoms with E-state index in [1.54, 1.807) is 0 Å². The molecule has 0 radical (unpaired) electrons. The Bertz CT molecular complexity index is 752. The molecule has 0 spiro atoms. The lowest BCUT2D eigenvalue weighted by atomic mass is 9.81. The van der Waals surface area contributed by atoms with Crippen molar-refractivity contribution in [3.05, 3.63) is 47.5 Å². The maximum Gasteiger partial charge on any atom is 0.191 e. The number of hydrogen-bond acceptors (Lipinski definition) is 3. The van der Waals surface area contributed by atoms with Gasteiger partial charge in [-0.15, -0.1) is 10.2 Å². The molecule has 28 heavy (non-hydrogen) atoms. The van der Waals surface area contributed by atoms with Gasteiger partial charge in [0.15, 0.2) is 11.8 Å². The summed E-state index contributed by atoms with van der Waals surface area (Å²) in [5.41, 5.74) is 1.21. The predicted octanol–water partition coefficient (Wildman–Crippen LogP) is 3.58. The Morgan fingerprint density at radius 1 is 1.18 bits per heavy atom. The predicted molar refractivity (Wildman–Crippen MR) is 114 cm³/mol. The SMILES string of the molecule is Cc1nnc(CNC(=NCc2ccccc2)NCCC2CCCC(C)C2)n1C. The number of rotatable bonds is 7. The van der Waals surface area contributed by atoms with E-state index in [9.17, 15) is 0 Å². The van der Waals surface area contributed by atoms with E-state index in [0.29, 0.717) is 13.1 Å². The molecule has 1 fully saturated rings. The molecule has 2 unspecified atom stereocenters. The van der Waals surface area contributed by atoms with Crippen LogP contribution < -0.4 is 10.6 Å². The van der Waals surface area contributed by atoms with Crippen LogP contribution in [0.5, 0.6) is 0 Å². The fourth-order valence-electron chi connectivity index (χ4n) is 3.91. The smallest absolute Gasteiger partial charge is 0.191 e. The molecule has 3 rings (SSSR count). The molecule has 0 amide bonds. The molecule has 6 nitrogen and oxygen atoms in total. The van der Waals surface area contributed by atoms with E-state index in [0.717, 1.165) is 36.0 Å². The molecule has 2 N–H and O–H groups in total. The van der Waals surface area contributed by atoms with Crippen molar-refractivity contribution in [1.82, 2.24) is 25.4 Å². The Morgan fingerprint density at radius 3 is 2.71 bits per heavy atom. The summed E-state index contributed by atoms with van der Waals surface area (Å²) in [5.74, 6) is 4.38. The van der Waals surface area contributed by atoms with Crippen molar-refractivity contribution in [3.63, 3.8) is 0 Å². The van der Waals surface area contributed by atoms with Crippen molar-refractivity contribution >= 4 is 5.96 Å². The van der Waals surface area contributed by atoms with Crippen molar-refractivity contribution in [1.29, 1.82) is 0 Å². The summed E-state index contributed by atoms with van der Waals surface area (Å²) in [4.78, 5) is 4.78. The Hall–Kier alpha value is -2.37. The van der Waals surface area contributed by atoms with Crippen LogP contribution in [0.15, 0.2) is 35.3 Å². The molecule has 0 aliphatic heterocycles. The van der Waals surface area contributed by atoms with E-state index in [2.05, 4.69) is 52.0 Å². The van der Waals surface area contributed by atoms with Gasteiger partial charge in [-0.2, -0.15) is 0 Å². The molecule has 1 heterocycles. The van der Waals surface area contributed by atoms with Crippen LogP contribution in [0.2, 0.25) is 0 Å². The molecule has 1 saturated carbocycles. The minimum Gasteiger partial charge on any atom is -0.356 e. The zero-order valence-electron chi connectivity index (χ0n) is 17.5. The van der Waals surface area contributed by atoms with Crippen LogP contribution in [0, 0.1) is 18.8 Å². The minimum absolute atomic E-state index is 0.610. The maximum atomic E-state index is 4.78. The molecule has 1 aromatic carbocycles. The van der Waals surface area contributed by atoms with E-state index in [4.69, 9.17) is 4.99 Å². The molecule has 1 aliphatic rings. The Morgan fingerprint density at radius 2 is 2.00 bits per heavy atom.